The van der Waals surface area contributed by atoms with Crippen molar-refractivity contribution >= 4 is 5.97 Å². The van der Waals surface area contributed by atoms with E-state index in [0.717, 1.165) is 12.8 Å². The van der Waals surface area contributed by atoms with Gasteiger partial charge in [-0.1, -0.05) is 6.58 Å². The number of hydrogen-bond donors (Lipinski definition) is 0. The number of rotatable bonds is 1. The Bertz CT molecular complexity index is 435. The van der Waals surface area contributed by atoms with E-state index in [1.807, 2.05) is 0 Å². The standard InChI is InChI=1S/C12H14F3NO2/c1-6-7-4-8(9(5-7)16(6)2)10(11(17)18-3)12(13,14)15/h7,9H,1,4-5H2,2-3H3/b10-8-. The number of halogens is 3. The molecule has 2 aliphatic rings. The van der Waals surface area contributed by atoms with E-state index in [0.29, 0.717) is 6.42 Å². The predicted molar refractivity (Wildman–Crippen MR) is 58.5 cm³/mol. The van der Waals surface area contributed by atoms with Gasteiger partial charge in [-0.15, -0.1) is 0 Å². The Morgan fingerprint density at radius 2 is 2.11 bits per heavy atom. The van der Waals surface area contributed by atoms with Gasteiger partial charge in [0.05, 0.1) is 13.2 Å². The number of likely N-dealkylation sites (tertiary alicyclic amines) is 1. The summed E-state index contributed by atoms with van der Waals surface area (Å²) in [5, 5.41) is 0. The van der Waals surface area contributed by atoms with Crippen LogP contribution in [0.3, 0.4) is 0 Å². The van der Waals surface area contributed by atoms with Gasteiger partial charge in [0.15, 0.2) is 0 Å². The summed E-state index contributed by atoms with van der Waals surface area (Å²) in [5.41, 5.74) is -0.166. The van der Waals surface area contributed by atoms with Gasteiger partial charge in [0, 0.05) is 18.7 Å². The zero-order valence-electron chi connectivity index (χ0n) is 10.2. The molecule has 6 heteroatoms. The van der Waals surface area contributed by atoms with Crippen molar-refractivity contribution in [3.63, 3.8) is 0 Å². The molecule has 0 aromatic heterocycles. The molecule has 1 saturated heterocycles. The average Bonchev–Trinajstić information content (AvgIpc) is 2.78. The normalized spacial score (nSPS) is 29.8. The Balaban J connectivity index is 2.46. The Morgan fingerprint density at radius 1 is 1.50 bits per heavy atom. The molecule has 1 aliphatic carbocycles. The second-order valence-corrected chi connectivity index (χ2v) is 4.64. The summed E-state index contributed by atoms with van der Waals surface area (Å²) in [6.07, 6.45) is -3.83. The van der Waals surface area contributed by atoms with Crippen LogP contribution in [0, 0.1) is 5.92 Å². The van der Waals surface area contributed by atoms with E-state index in [-0.39, 0.29) is 24.0 Å². The van der Waals surface area contributed by atoms with Gasteiger partial charge in [-0.2, -0.15) is 13.2 Å². The maximum Gasteiger partial charge on any atom is 0.423 e. The van der Waals surface area contributed by atoms with E-state index in [9.17, 15) is 18.0 Å². The van der Waals surface area contributed by atoms with E-state index in [1.165, 1.54) is 0 Å². The molecule has 1 aliphatic heterocycles. The molecular weight excluding hydrogens is 247 g/mol. The van der Waals surface area contributed by atoms with Crippen molar-refractivity contribution in [3.05, 3.63) is 23.4 Å². The first kappa shape index (κ1) is 13.0. The molecule has 100 valence electrons. The molecule has 0 amide bonds. The van der Waals surface area contributed by atoms with Crippen molar-refractivity contribution in [1.29, 1.82) is 0 Å². The lowest BCUT2D eigenvalue weighted by Gasteiger charge is -2.30. The van der Waals surface area contributed by atoms with Crippen LogP contribution in [0.1, 0.15) is 12.8 Å². The number of allylic oxidation sites excluding steroid dienone is 1. The minimum Gasteiger partial charge on any atom is -0.465 e. The van der Waals surface area contributed by atoms with E-state index in [2.05, 4.69) is 11.3 Å². The van der Waals surface area contributed by atoms with Gasteiger partial charge in [0.1, 0.15) is 5.57 Å². The van der Waals surface area contributed by atoms with Crippen molar-refractivity contribution in [3.8, 4) is 0 Å². The summed E-state index contributed by atoms with van der Waals surface area (Å²) in [6, 6.07) is -0.377. The summed E-state index contributed by atoms with van der Waals surface area (Å²) in [6.45, 7) is 3.84. The van der Waals surface area contributed by atoms with Gasteiger partial charge in [0.2, 0.25) is 0 Å². The molecule has 0 aromatic rings. The molecule has 18 heavy (non-hydrogen) atoms. The van der Waals surface area contributed by atoms with Crippen LogP contribution in [0.4, 0.5) is 13.2 Å². The van der Waals surface area contributed by atoms with Gasteiger partial charge in [-0.25, -0.2) is 4.79 Å². The molecule has 2 unspecified atom stereocenters. The van der Waals surface area contributed by atoms with E-state index in [4.69, 9.17) is 0 Å². The molecule has 1 saturated carbocycles. The number of hydrogen-bond acceptors (Lipinski definition) is 3. The third kappa shape index (κ3) is 1.79. The summed E-state index contributed by atoms with van der Waals surface area (Å²) >= 11 is 0. The summed E-state index contributed by atoms with van der Waals surface area (Å²) in [4.78, 5) is 13.1. The number of fused-ring (bicyclic) bond motifs is 2. The molecule has 1 heterocycles. The number of methoxy groups -OCH3 is 1. The monoisotopic (exact) mass is 261 g/mol. The number of likely N-dealkylation sites (N-methyl/N-ethyl adjacent to an activating group) is 1. The van der Waals surface area contributed by atoms with E-state index in [1.54, 1.807) is 11.9 Å². The van der Waals surface area contributed by atoms with Crippen molar-refractivity contribution in [2.75, 3.05) is 14.2 Å². The van der Waals surface area contributed by atoms with Crippen molar-refractivity contribution < 1.29 is 22.7 Å². The zero-order valence-corrected chi connectivity index (χ0v) is 10.2. The fraction of sp³-hybridized carbons (Fsp3) is 0.583. The molecule has 0 radical (unpaired) electrons. The summed E-state index contributed by atoms with van der Waals surface area (Å²) in [5.74, 6) is -1.29. The molecular formula is C12H14F3NO2. The quantitative estimate of drug-likeness (QED) is 0.535. The highest BCUT2D eigenvalue weighted by Gasteiger charge is 2.50. The molecule has 0 spiro atoms. The molecule has 2 rings (SSSR count). The molecule has 3 nitrogen and oxygen atoms in total. The Labute approximate surface area is 103 Å². The van der Waals surface area contributed by atoms with Gasteiger partial charge in [0.25, 0.3) is 0 Å². The topological polar surface area (TPSA) is 29.5 Å². The van der Waals surface area contributed by atoms with Crippen molar-refractivity contribution in [2.45, 2.75) is 25.1 Å². The molecule has 2 fully saturated rings. The molecule has 2 atom stereocenters. The first-order chi connectivity index (χ1) is 8.27. The van der Waals surface area contributed by atoms with Crippen LogP contribution in [0.2, 0.25) is 0 Å². The van der Waals surface area contributed by atoms with Crippen LogP contribution in [0.5, 0.6) is 0 Å². The summed E-state index contributed by atoms with van der Waals surface area (Å²) in [7, 11) is 2.67. The fourth-order valence-electron chi connectivity index (χ4n) is 2.83. The minimum absolute atomic E-state index is 0.0111. The lowest BCUT2D eigenvalue weighted by molar-refractivity contribution is -0.148. The first-order valence-corrected chi connectivity index (χ1v) is 5.57. The SMILES string of the molecule is C=C1C2C/C(=C(\C(=O)OC)C(F)(F)F)C(C2)N1C. The Hall–Kier alpha value is -1.46. The van der Waals surface area contributed by atoms with Crippen LogP contribution in [0.15, 0.2) is 23.4 Å². The van der Waals surface area contributed by atoms with Crippen LogP contribution in [-0.4, -0.2) is 37.2 Å². The third-order valence-electron chi connectivity index (χ3n) is 3.76. The molecule has 2 bridgehead atoms. The van der Waals surface area contributed by atoms with E-state index < -0.39 is 17.7 Å². The first-order valence-electron chi connectivity index (χ1n) is 5.57. The highest BCUT2D eigenvalue weighted by molar-refractivity contribution is 5.91. The lowest BCUT2D eigenvalue weighted by Crippen LogP contribution is -2.33. The minimum atomic E-state index is -4.67. The van der Waals surface area contributed by atoms with Crippen molar-refractivity contribution in [2.24, 2.45) is 5.92 Å². The van der Waals surface area contributed by atoms with Crippen LogP contribution in [0.25, 0.3) is 0 Å². The number of nitrogens with zero attached hydrogens (tertiary/aromatic N) is 1. The largest absolute Gasteiger partial charge is 0.465 e. The van der Waals surface area contributed by atoms with Crippen LogP contribution < -0.4 is 0 Å². The second kappa shape index (κ2) is 4.03. The Morgan fingerprint density at radius 3 is 2.50 bits per heavy atom. The third-order valence-corrected chi connectivity index (χ3v) is 3.76. The van der Waals surface area contributed by atoms with Crippen LogP contribution >= 0.6 is 0 Å². The molecule has 0 N–H and O–H groups in total. The number of piperidine rings is 1. The summed E-state index contributed by atoms with van der Waals surface area (Å²) < 4.78 is 43.1. The second-order valence-electron chi connectivity index (χ2n) is 4.64. The Kier molecular flexibility index (Phi) is 2.91. The number of carbonyl (C=O) groups excluding carboxylic acids is 1. The van der Waals surface area contributed by atoms with Crippen molar-refractivity contribution in [1.82, 2.24) is 4.90 Å². The van der Waals surface area contributed by atoms with Gasteiger partial charge in [-0.3, -0.25) is 0 Å². The lowest BCUT2D eigenvalue weighted by atomic mass is 9.97. The van der Waals surface area contributed by atoms with Gasteiger partial charge < -0.3 is 9.64 Å². The number of ether oxygens (including phenoxy) is 1. The number of carbonyl (C=O) groups is 1. The number of esters is 1. The highest BCUT2D eigenvalue weighted by atomic mass is 19.4. The fourth-order valence-corrected chi connectivity index (χ4v) is 2.83. The van der Waals surface area contributed by atoms with Gasteiger partial charge in [-0.05, 0) is 18.4 Å². The molecule has 0 aromatic carbocycles. The highest BCUT2D eigenvalue weighted by Crippen LogP contribution is 2.49. The maximum absolute atomic E-state index is 13.0. The van der Waals surface area contributed by atoms with Gasteiger partial charge >= 0.3 is 12.1 Å². The average molecular weight is 261 g/mol. The van der Waals surface area contributed by atoms with Crippen LogP contribution in [-0.2, 0) is 9.53 Å². The number of alkyl halides is 3. The van der Waals surface area contributed by atoms with E-state index >= 15 is 0 Å². The zero-order chi connectivity index (χ0) is 13.7. The smallest absolute Gasteiger partial charge is 0.423 e. The maximum atomic E-state index is 13.0. The predicted octanol–water partition coefficient (Wildman–Crippen LogP) is 2.26.